The van der Waals surface area contributed by atoms with Crippen molar-refractivity contribution in [3.8, 4) is 0 Å². The number of amides is 2. The summed E-state index contributed by atoms with van der Waals surface area (Å²) in [5, 5.41) is 3.22. The zero-order valence-electron chi connectivity index (χ0n) is 25.2. The number of benzene rings is 4. The molecule has 242 valence electrons. The minimum Gasteiger partial charge on any atom is -0.352 e. The van der Waals surface area contributed by atoms with Gasteiger partial charge < -0.3 is 10.2 Å². The maximum atomic E-state index is 14.5. The largest absolute Gasteiger partial charge is 0.352 e. The Bertz CT molecular complexity index is 1780. The lowest BCUT2D eigenvalue weighted by Crippen LogP contribution is -2.54. The minimum absolute atomic E-state index is 0.0262. The molecule has 4 rings (SSSR count). The molecule has 0 fully saturated rings. The summed E-state index contributed by atoms with van der Waals surface area (Å²) in [5.74, 6) is -1.85. The Morgan fingerprint density at radius 1 is 0.826 bits per heavy atom. The van der Waals surface area contributed by atoms with E-state index in [1.54, 1.807) is 36.4 Å². The Hall–Kier alpha value is -3.63. The van der Waals surface area contributed by atoms with E-state index in [-0.39, 0.29) is 39.6 Å². The second-order valence-electron chi connectivity index (χ2n) is 10.7. The van der Waals surface area contributed by atoms with Gasteiger partial charge in [-0.2, -0.15) is 0 Å². The SMILES string of the molecule is CC[C@H](C)NC(=O)[C@H](Cc1ccccc1)N(Cc1ccc(Cl)c(Cl)c1)C(=O)CN(c1ccc(F)c(Cl)c1)S(=O)(=O)c1ccccc1. The molecular weight excluding hydrogens is 672 g/mol. The van der Waals surface area contributed by atoms with E-state index in [9.17, 15) is 22.4 Å². The molecule has 7 nitrogen and oxygen atoms in total. The van der Waals surface area contributed by atoms with E-state index < -0.39 is 40.2 Å². The van der Waals surface area contributed by atoms with E-state index >= 15 is 0 Å². The van der Waals surface area contributed by atoms with Crippen LogP contribution in [0.1, 0.15) is 31.4 Å². The molecule has 0 spiro atoms. The van der Waals surface area contributed by atoms with Gasteiger partial charge in [0.25, 0.3) is 10.0 Å². The van der Waals surface area contributed by atoms with Gasteiger partial charge in [0.15, 0.2) is 0 Å². The van der Waals surface area contributed by atoms with Crippen molar-refractivity contribution in [3.05, 3.63) is 129 Å². The molecule has 0 aliphatic rings. The number of rotatable bonds is 13. The highest BCUT2D eigenvalue weighted by Gasteiger charge is 2.35. The predicted molar refractivity (Wildman–Crippen MR) is 181 cm³/mol. The fourth-order valence-electron chi connectivity index (χ4n) is 4.72. The summed E-state index contributed by atoms with van der Waals surface area (Å²) in [5.41, 5.74) is 1.33. The summed E-state index contributed by atoms with van der Waals surface area (Å²) in [4.78, 5) is 29.6. The van der Waals surface area contributed by atoms with Gasteiger partial charge in [0.1, 0.15) is 18.4 Å². The van der Waals surface area contributed by atoms with Gasteiger partial charge in [0.2, 0.25) is 11.8 Å². The fourth-order valence-corrected chi connectivity index (χ4v) is 6.64. The molecule has 2 atom stereocenters. The van der Waals surface area contributed by atoms with Gasteiger partial charge in [-0.1, -0.05) is 96.3 Å². The lowest BCUT2D eigenvalue weighted by atomic mass is 10.0. The van der Waals surface area contributed by atoms with Crippen LogP contribution < -0.4 is 9.62 Å². The Morgan fingerprint density at radius 3 is 2.09 bits per heavy atom. The molecule has 4 aromatic rings. The lowest BCUT2D eigenvalue weighted by Gasteiger charge is -2.34. The van der Waals surface area contributed by atoms with Gasteiger partial charge >= 0.3 is 0 Å². The molecule has 0 saturated carbocycles. The van der Waals surface area contributed by atoms with Crippen molar-refractivity contribution in [2.45, 2.75) is 50.2 Å². The van der Waals surface area contributed by atoms with E-state index in [0.29, 0.717) is 17.0 Å². The summed E-state index contributed by atoms with van der Waals surface area (Å²) < 4.78 is 43.1. The minimum atomic E-state index is -4.36. The maximum absolute atomic E-state index is 14.5. The second kappa shape index (κ2) is 15.8. The first-order valence-electron chi connectivity index (χ1n) is 14.5. The van der Waals surface area contributed by atoms with E-state index in [1.165, 1.54) is 23.1 Å². The molecule has 1 N–H and O–H groups in total. The third kappa shape index (κ3) is 8.79. The van der Waals surface area contributed by atoms with Crippen LogP contribution in [0, 0.1) is 5.82 Å². The fraction of sp³-hybridized carbons (Fsp3) is 0.235. The van der Waals surface area contributed by atoms with E-state index in [2.05, 4.69) is 5.32 Å². The molecule has 0 aromatic heterocycles. The Labute approximate surface area is 283 Å². The molecule has 4 aromatic carbocycles. The topological polar surface area (TPSA) is 86.8 Å². The van der Waals surface area contributed by atoms with E-state index in [0.717, 1.165) is 22.0 Å². The molecule has 0 bridgehead atoms. The highest BCUT2D eigenvalue weighted by Crippen LogP contribution is 2.29. The van der Waals surface area contributed by atoms with Gasteiger partial charge in [-0.15, -0.1) is 0 Å². The average Bonchev–Trinajstić information content (AvgIpc) is 3.05. The zero-order valence-corrected chi connectivity index (χ0v) is 28.3. The number of hydrogen-bond acceptors (Lipinski definition) is 4. The van der Waals surface area contributed by atoms with Crippen LogP contribution in [-0.2, 0) is 32.6 Å². The maximum Gasteiger partial charge on any atom is 0.264 e. The summed E-state index contributed by atoms with van der Waals surface area (Å²) in [6.45, 7) is 2.97. The summed E-state index contributed by atoms with van der Waals surface area (Å²) >= 11 is 18.5. The Kier molecular flexibility index (Phi) is 12.1. The number of halogens is 4. The quantitative estimate of drug-likeness (QED) is 0.156. The van der Waals surface area contributed by atoms with Gasteiger partial charge in [-0.25, -0.2) is 12.8 Å². The van der Waals surface area contributed by atoms with Crippen LogP contribution in [0.15, 0.2) is 102 Å². The van der Waals surface area contributed by atoms with Crippen LogP contribution in [-0.4, -0.2) is 43.8 Å². The number of carbonyl (C=O) groups is 2. The van der Waals surface area contributed by atoms with Gasteiger partial charge in [0, 0.05) is 19.0 Å². The van der Waals surface area contributed by atoms with Crippen molar-refractivity contribution in [1.82, 2.24) is 10.2 Å². The van der Waals surface area contributed by atoms with Crippen LogP contribution in [0.3, 0.4) is 0 Å². The lowest BCUT2D eigenvalue weighted by molar-refractivity contribution is -0.140. The molecule has 0 aliphatic carbocycles. The van der Waals surface area contributed by atoms with Crippen molar-refractivity contribution >= 4 is 62.3 Å². The van der Waals surface area contributed by atoms with Gasteiger partial charge in [-0.05, 0) is 66.9 Å². The zero-order chi connectivity index (χ0) is 33.4. The first-order valence-corrected chi connectivity index (χ1v) is 17.1. The highest BCUT2D eigenvalue weighted by atomic mass is 35.5. The molecule has 12 heteroatoms. The molecule has 0 aliphatic heterocycles. The molecule has 0 heterocycles. The predicted octanol–water partition coefficient (Wildman–Crippen LogP) is 7.54. The number of carbonyl (C=O) groups excluding carboxylic acids is 2. The summed E-state index contributed by atoms with van der Waals surface area (Å²) in [6, 6.07) is 23.8. The molecule has 0 unspecified atom stereocenters. The van der Waals surface area contributed by atoms with Gasteiger partial charge in [0.05, 0.1) is 25.7 Å². The Morgan fingerprint density at radius 2 is 1.48 bits per heavy atom. The Balaban J connectivity index is 1.83. The number of hydrogen-bond donors (Lipinski definition) is 1. The van der Waals surface area contributed by atoms with Crippen LogP contribution in [0.25, 0.3) is 0 Å². The smallest absolute Gasteiger partial charge is 0.264 e. The number of anilines is 1. The van der Waals surface area contributed by atoms with Crippen molar-refractivity contribution in [2.75, 3.05) is 10.8 Å². The van der Waals surface area contributed by atoms with E-state index in [1.807, 2.05) is 44.2 Å². The van der Waals surface area contributed by atoms with Crippen LogP contribution in [0.4, 0.5) is 10.1 Å². The molecule has 46 heavy (non-hydrogen) atoms. The van der Waals surface area contributed by atoms with Crippen LogP contribution in [0.2, 0.25) is 15.1 Å². The average molecular weight is 705 g/mol. The molecule has 0 radical (unpaired) electrons. The first kappa shape index (κ1) is 35.2. The van der Waals surface area contributed by atoms with Gasteiger partial charge in [-0.3, -0.25) is 13.9 Å². The number of nitrogens with one attached hydrogen (secondary N) is 1. The van der Waals surface area contributed by atoms with Crippen LogP contribution in [0.5, 0.6) is 0 Å². The standard InChI is InChI=1S/C34H33Cl3FN3O4S/c1-3-23(2)39-34(43)32(19-24-10-6-4-7-11-24)40(21-25-14-16-28(35)29(36)18-25)33(42)22-41(26-15-17-31(38)30(37)20-26)46(44,45)27-12-8-5-9-13-27/h4-18,20,23,32H,3,19,21-22H2,1-2H3,(H,39,43)/t23-,32-/m0/s1. The molecule has 0 saturated heterocycles. The molecular formula is C34H33Cl3FN3O4S. The monoisotopic (exact) mass is 703 g/mol. The third-order valence-corrected chi connectivity index (χ3v) is 10.2. The summed E-state index contributed by atoms with van der Waals surface area (Å²) in [6.07, 6.45) is 0.795. The van der Waals surface area contributed by atoms with Crippen molar-refractivity contribution in [2.24, 2.45) is 0 Å². The number of nitrogens with zero attached hydrogens (tertiary/aromatic N) is 2. The first-order chi connectivity index (χ1) is 21.9. The highest BCUT2D eigenvalue weighted by molar-refractivity contribution is 7.92. The summed E-state index contributed by atoms with van der Waals surface area (Å²) in [7, 11) is -4.36. The normalized spacial score (nSPS) is 12.7. The van der Waals surface area contributed by atoms with E-state index in [4.69, 9.17) is 34.8 Å². The van der Waals surface area contributed by atoms with Crippen molar-refractivity contribution in [3.63, 3.8) is 0 Å². The van der Waals surface area contributed by atoms with Crippen LogP contribution >= 0.6 is 34.8 Å². The van der Waals surface area contributed by atoms with Crippen molar-refractivity contribution < 1.29 is 22.4 Å². The molecule has 2 amide bonds. The number of sulfonamides is 1. The third-order valence-electron chi connectivity index (χ3n) is 7.41. The second-order valence-corrected chi connectivity index (χ2v) is 13.8. The van der Waals surface area contributed by atoms with Crippen molar-refractivity contribution in [1.29, 1.82) is 0 Å².